The van der Waals surface area contributed by atoms with Crippen LogP contribution in [0.3, 0.4) is 0 Å². The molecular weight excluding hydrogens is 287 g/mol. The molecule has 0 saturated carbocycles. The molecule has 1 heterocycles. The van der Waals surface area contributed by atoms with Crippen LogP contribution < -0.4 is 16.4 Å². The lowest BCUT2D eigenvalue weighted by Crippen LogP contribution is -2.37. The highest BCUT2D eigenvalue weighted by molar-refractivity contribution is 6.35. The van der Waals surface area contributed by atoms with Crippen molar-refractivity contribution in [1.29, 1.82) is 0 Å². The number of hydrogen-bond donors (Lipinski definition) is 2. The summed E-state index contributed by atoms with van der Waals surface area (Å²) in [5.74, 6) is -0.581. The molecule has 2 rings (SSSR count). The first-order chi connectivity index (χ1) is 8.99. The predicted octanol–water partition coefficient (Wildman–Crippen LogP) is 1.76. The highest BCUT2D eigenvalue weighted by Gasteiger charge is 2.32. The van der Waals surface area contributed by atoms with Crippen molar-refractivity contribution in [1.82, 2.24) is 0 Å². The normalized spacial score (nSPS) is 18.4. The molecule has 4 N–H and O–H groups in total. The first kappa shape index (κ1) is 14.0. The van der Waals surface area contributed by atoms with Crippen LogP contribution in [-0.2, 0) is 4.79 Å². The number of halogens is 2. The molecule has 7 heteroatoms. The SMILES string of the molecule is NC(N)=NC(=O)C1CCCN1c1cc(Cl)ccc1Cl. The first-order valence-corrected chi connectivity index (χ1v) is 6.60. The van der Waals surface area contributed by atoms with E-state index in [4.69, 9.17) is 34.7 Å². The molecule has 0 aliphatic carbocycles. The second kappa shape index (κ2) is 5.67. The van der Waals surface area contributed by atoms with Gasteiger partial charge in [-0.05, 0) is 31.0 Å². The van der Waals surface area contributed by atoms with Crippen LogP contribution in [0.25, 0.3) is 0 Å². The largest absolute Gasteiger partial charge is 0.370 e. The Hall–Kier alpha value is -1.46. The second-order valence-electron chi connectivity index (χ2n) is 4.32. The van der Waals surface area contributed by atoms with Gasteiger partial charge in [-0.1, -0.05) is 23.2 Å². The number of guanidine groups is 1. The topological polar surface area (TPSA) is 84.7 Å². The zero-order valence-electron chi connectivity index (χ0n) is 10.1. The van der Waals surface area contributed by atoms with E-state index in [0.29, 0.717) is 16.5 Å². The summed E-state index contributed by atoms with van der Waals surface area (Å²) in [5, 5.41) is 1.12. The molecule has 102 valence electrons. The van der Waals surface area contributed by atoms with Gasteiger partial charge in [0.1, 0.15) is 6.04 Å². The third-order valence-electron chi connectivity index (χ3n) is 2.99. The van der Waals surface area contributed by atoms with Crippen molar-refractivity contribution in [3.8, 4) is 0 Å². The van der Waals surface area contributed by atoms with Crippen molar-refractivity contribution >= 4 is 40.8 Å². The van der Waals surface area contributed by atoms with Gasteiger partial charge < -0.3 is 16.4 Å². The molecule has 1 fully saturated rings. The number of anilines is 1. The number of nitrogens with two attached hydrogens (primary N) is 2. The fraction of sp³-hybridized carbons (Fsp3) is 0.333. The Morgan fingerprint density at radius 3 is 2.79 bits per heavy atom. The van der Waals surface area contributed by atoms with Gasteiger partial charge in [0.05, 0.1) is 10.7 Å². The maximum atomic E-state index is 12.0. The number of benzene rings is 1. The third-order valence-corrected chi connectivity index (χ3v) is 3.55. The van der Waals surface area contributed by atoms with Gasteiger partial charge in [-0.15, -0.1) is 0 Å². The number of amides is 1. The summed E-state index contributed by atoms with van der Waals surface area (Å²) in [4.78, 5) is 17.5. The standard InChI is InChI=1S/C12H14Cl2N4O/c13-7-3-4-8(14)10(6-7)18-5-1-2-9(18)11(19)17-12(15)16/h3-4,6,9H,1-2,5H2,(H4,15,16,17,19). The maximum absolute atomic E-state index is 12.0. The Morgan fingerprint density at radius 2 is 2.11 bits per heavy atom. The molecule has 1 aromatic carbocycles. The van der Waals surface area contributed by atoms with E-state index < -0.39 is 6.04 Å². The van der Waals surface area contributed by atoms with Gasteiger partial charge >= 0.3 is 0 Å². The summed E-state index contributed by atoms with van der Waals surface area (Å²) in [5.41, 5.74) is 11.2. The van der Waals surface area contributed by atoms with Gasteiger partial charge in [-0.3, -0.25) is 4.79 Å². The summed E-state index contributed by atoms with van der Waals surface area (Å²) in [6, 6.07) is 4.76. The minimum Gasteiger partial charge on any atom is -0.370 e. The van der Waals surface area contributed by atoms with Gasteiger partial charge in [0, 0.05) is 11.6 Å². The highest BCUT2D eigenvalue weighted by Crippen LogP contribution is 2.34. The van der Waals surface area contributed by atoms with E-state index in [0.717, 1.165) is 18.7 Å². The van der Waals surface area contributed by atoms with E-state index in [-0.39, 0.29) is 11.9 Å². The number of carbonyl (C=O) groups is 1. The van der Waals surface area contributed by atoms with Crippen molar-refractivity contribution in [3.63, 3.8) is 0 Å². The van der Waals surface area contributed by atoms with Crippen molar-refractivity contribution in [3.05, 3.63) is 28.2 Å². The molecule has 1 aliphatic rings. The summed E-state index contributed by atoms with van der Waals surface area (Å²) in [6.45, 7) is 0.719. The van der Waals surface area contributed by atoms with Crippen LogP contribution in [0.15, 0.2) is 23.2 Å². The molecule has 1 atom stereocenters. The van der Waals surface area contributed by atoms with Crippen molar-refractivity contribution in [2.24, 2.45) is 16.5 Å². The Morgan fingerprint density at radius 1 is 1.37 bits per heavy atom. The van der Waals surface area contributed by atoms with Crippen LogP contribution in [0.4, 0.5) is 5.69 Å². The predicted molar refractivity (Wildman–Crippen MR) is 77.6 cm³/mol. The molecule has 1 amide bonds. The Kier molecular flexibility index (Phi) is 4.17. The van der Waals surface area contributed by atoms with Gasteiger partial charge in [0.2, 0.25) is 0 Å². The van der Waals surface area contributed by atoms with Crippen LogP contribution in [0.1, 0.15) is 12.8 Å². The van der Waals surface area contributed by atoms with Gasteiger partial charge in [0.15, 0.2) is 5.96 Å². The first-order valence-electron chi connectivity index (χ1n) is 5.84. The minimum absolute atomic E-state index is 0.228. The van der Waals surface area contributed by atoms with Gasteiger partial charge in [-0.25, -0.2) is 0 Å². The van der Waals surface area contributed by atoms with Crippen molar-refractivity contribution < 1.29 is 4.79 Å². The van der Waals surface area contributed by atoms with E-state index in [1.165, 1.54) is 0 Å². The Balaban J connectivity index is 2.30. The molecule has 1 unspecified atom stereocenters. The molecule has 1 aliphatic heterocycles. The number of hydrogen-bond acceptors (Lipinski definition) is 2. The lowest BCUT2D eigenvalue weighted by atomic mass is 10.2. The molecular formula is C12H14Cl2N4O. The number of carbonyl (C=O) groups excluding carboxylic acids is 1. The average Bonchev–Trinajstić information content (AvgIpc) is 2.80. The lowest BCUT2D eigenvalue weighted by molar-refractivity contribution is -0.118. The fourth-order valence-corrected chi connectivity index (χ4v) is 2.61. The van der Waals surface area contributed by atoms with Crippen LogP contribution >= 0.6 is 23.2 Å². The van der Waals surface area contributed by atoms with Crippen molar-refractivity contribution in [2.75, 3.05) is 11.4 Å². The molecule has 0 radical (unpaired) electrons. The zero-order valence-corrected chi connectivity index (χ0v) is 11.7. The van der Waals surface area contributed by atoms with Crippen LogP contribution in [0.5, 0.6) is 0 Å². The lowest BCUT2D eigenvalue weighted by Gasteiger charge is -2.25. The van der Waals surface area contributed by atoms with Gasteiger partial charge in [0.25, 0.3) is 5.91 Å². The summed E-state index contributed by atoms with van der Waals surface area (Å²) in [7, 11) is 0. The number of nitrogens with zero attached hydrogens (tertiary/aromatic N) is 2. The van der Waals surface area contributed by atoms with E-state index in [1.54, 1.807) is 18.2 Å². The monoisotopic (exact) mass is 300 g/mol. The maximum Gasteiger partial charge on any atom is 0.271 e. The molecule has 5 nitrogen and oxygen atoms in total. The number of aliphatic imine (C=N–C) groups is 1. The van der Waals surface area contributed by atoms with Crippen LogP contribution in [0, 0.1) is 0 Å². The van der Waals surface area contributed by atoms with Crippen LogP contribution in [0.2, 0.25) is 10.0 Å². The highest BCUT2D eigenvalue weighted by atomic mass is 35.5. The fourth-order valence-electron chi connectivity index (χ4n) is 2.22. The van der Waals surface area contributed by atoms with Crippen molar-refractivity contribution in [2.45, 2.75) is 18.9 Å². The molecule has 0 spiro atoms. The van der Waals surface area contributed by atoms with E-state index in [1.807, 2.05) is 4.90 Å². The molecule has 0 aromatic heterocycles. The zero-order chi connectivity index (χ0) is 14.0. The number of rotatable bonds is 2. The molecule has 19 heavy (non-hydrogen) atoms. The summed E-state index contributed by atoms with van der Waals surface area (Å²) in [6.07, 6.45) is 1.57. The van der Waals surface area contributed by atoms with Gasteiger partial charge in [-0.2, -0.15) is 4.99 Å². The third kappa shape index (κ3) is 3.11. The average molecular weight is 301 g/mol. The van der Waals surface area contributed by atoms with E-state index in [2.05, 4.69) is 4.99 Å². The Labute approximate surface area is 121 Å². The molecule has 1 aromatic rings. The second-order valence-corrected chi connectivity index (χ2v) is 5.17. The molecule has 1 saturated heterocycles. The van der Waals surface area contributed by atoms with E-state index >= 15 is 0 Å². The summed E-state index contributed by atoms with van der Waals surface area (Å²) < 4.78 is 0. The smallest absolute Gasteiger partial charge is 0.271 e. The van der Waals surface area contributed by atoms with E-state index in [9.17, 15) is 4.79 Å². The van der Waals surface area contributed by atoms with Crippen LogP contribution in [-0.4, -0.2) is 24.5 Å². The summed E-state index contributed by atoms with van der Waals surface area (Å²) >= 11 is 12.1. The molecule has 0 bridgehead atoms. The Bertz CT molecular complexity index is 528. The minimum atomic E-state index is -0.391. The quantitative estimate of drug-likeness (QED) is 0.644.